The molecule has 1 atom stereocenters. The van der Waals surface area contributed by atoms with Gasteiger partial charge in [-0.1, -0.05) is 12.1 Å². The molecule has 0 saturated carbocycles. The fraction of sp³-hybridized carbons (Fsp3) is 0.562. The molecule has 0 spiro atoms. The minimum absolute atomic E-state index is 0.00649. The summed E-state index contributed by atoms with van der Waals surface area (Å²) in [7, 11) is 1.58. The van der Waals surface area contributed by atoms with Gasteiger partial charge in [0, 0.05) is 6.42 Å². The van der Waals surface area contributed by atoms with Crippen LogP contribution in [-0.4, -0.2) is 37.5 Å². The SMILES string of the molecule is COc1cccc(CC(C)(C)C(=O)O)c1OC1CCOC1. The van der Waals surface area contributed by atoms with E-state index in [0.29, 0.717) is 31.1 Å². The van der Waals surface area contributed by atoms with E-state index >= 15 is 0 Å². The Labute approximate surface area is 124 Å². The Kier molecular flexibility index (Phi) is 4.73. The van der Waals surface area contributed by atoms with Gasteiger partial charge in [0.25, 0.3) is 0 Å². The van der Waals surface area contributed by atoms with Crippen LogP contribution in [0.5, 0.6) is 11.5 Å². The summed E-state index contributed by atoms with van der Waals surface area (Å²) in [5.74, 6) is 0.422. The van der Waals surface area contributed by atoms with Crippen LogP contribution in [-0.2, 0) is 16.0 Å². The molecule has 0 aliphatic carbocycles. The number of hydrogen-bond acceptors (Lipinski definition) is 4. The van der Waals surface area contributed by atoms with E-state index in [0.717, 1.165) is 12.0 Å². The fourth-order valence-corrected chi connectivity index (χ4v) is 2.32. The number of rotatable bonds is 6. The summed E-state index contributed by atoms with van der Waals surface area (Å²) >= 11 is 0. The van der Waals surface area contributed by atoms with Crippen molar-refractivity contribution in [2.45, 2.75) is 32.8 Å². The molecule has 0 aromatic heterocycles. The first-order chi connectivity index (χ1) is 9.94. The lowest BCUT2D eigenvalue weighted by molar-refractivity contribution is -0.146. The summed E-state index contributed by atoms with van der Waals surface area (Å²) in [5.41, 5.74) is -0.0231. The van der Waals surface area contributed by atoms with Crippen molar-refractivity contribution in [3.63, 3.8) is 0 Å². The topological polar surface area (TPSA) is 65.0 Å². The monoisotopic (exact) mass is 294 g/mol. The lowest BCUT2D eigenvalue weighted by Gasteiger charge is -2.23. The summed E-state index contributed by atoms with van der Waals surface area (Å²) in [6.07, 6.45) is 1.20. The highest BCUT2D eigenvalue weighted by Gasteiger charge is 2.30. The summed E-state index contributed by atoms with van der Waals surface area (Å²) < 4.78 is 16.7. The van der Waals surface area contributed by atoms with E-state index in [4.69, 9.17) is 14.2 Å². The van der Waals surface area contributed by atoms with Gasteiger partial charge in [-0.3, -0.25) is 4.79 Å². The van der Waals surface area contributed by atoms with Crippen LogP contribution in [0.2, 0.25) is 0 Å². The van der Waals surface area contributed by atoms with E-state index in [-0.39, 0.29) is 6.10 Å². The number of carbonyl (C=O) groups is 1. The molecule has 1 unspecified atom stereocenters. The van der Waals surface area contributed by atoms with Gasteiger partial charge in [-0.15, -0.1) is 0 Å². The normalized spacial score (nSPS) is 18.5. The second-order valence-corrected chi connectivity index (χ2v) is 5.92. The first-order valence-corrected chi connectivity index (χ1v) is 7.07. The quantitative estimate of drug-likeness (QED) is 0.873. The van der Waals surface area contributed by atoms with Crippen molar-refractivity contribution in [3.05, 3.63) is 23.8 Å². The van der Waals surface area contributed by atoms with Crippen molar-refractivity contribution in [1.82, 2.24) is 0 Å². The second kappa shape index (κ2) is 6.35. The van der Waals surface area contributed by atoms with Crippen LogP contribution in [0.3, 0.4) is 0 Å². The molecule has 5 nitrogen and oxygen atoms in total. The van der Waals surface area contributed by atoms with Crippen molar-refractivity contribution < 1.29 is 24.1 Å². The molecule has 1 aliphatic rings. The number of carboxylic acid groups (broad SMARTS) is 1. The Bertz CT molecular complexity index is 503. The fourth-order valence-electron chi connectivity index (χ4n) is 2.32. The van der Waals surface area contributed by atoms with E-state index < -0.39 is 11.4 Å². The molecule has 1 aliphatic heterocycles. The van der Waals surface area contributed by atoms with Crippen LogP contribution in [0.25, 0.3) is 0 Å². The lowest BCUT2D eigenvalue weighted by Crippen LogP contribution is -2.27. The third-order valence-corrected chi connectivity index (χ3v) is 3.66. The standard InChI is InChI=1S/C16H22O5/c1-16(2,15(17)18)9-11-5-4-6-13(19-3)14(11)21-12-7-8-20-10-12/h4-6,12H,7-10H2,1-3H3,(H,17,18). The van der Waals surface area contributed by atoms with Crippen LogP contribution in [0.4, 0.5) is 0 Å². The van der Waals surface area contributed by atoms with E-state index in [1.54, 1.807) is 21.0 Å². The van der Waals surface area contributed by atoms with E-state index in [2.05, 4.69) is 0 Å². The first-order valence-electron chi connectivity index (χ1n) is 7.07. The number of benzene rings is 1. The van der Waals surface area contributed by atoms with Crippen LogP contribution in [0, 0.1) is 5.41 Å². The van der Waals surface area contributed by atoms with Gasteiger partial charge in [0.1, 0.15) is 6.10 Å². The number of para-hydroxylation sites is 1. The number of methoxy groups -OCH3 is 1. The van der Waals surface area contributed by atoms with Crippen molar-refractivity contribution in [2.75, 3.05) is 20.3 Å². The molecule has 0 radical (unpaired) electrons. The summed E-state index contributed by atoms with van der Waals surface area (Å²) in [6.45, 7) is 4.66. The zero-order valence-corrected chi connectivity index (χ0v) is 12.7. The van der Waals surface area contributed by atoms with Gasteiger partial charge in [-0.2, -0.15) is 0 Å². The molecule has 2 rings (SSSR count). The van der Waals surface area contributed by atoms with E-state index in [1.165, 1.54) is 0 Å². The van der Waals surface area contributed by atoms with Crippen molar-refractivity contribution in [3.8, 4) is 11.5 Å². The largest absolute Gasteiger partial charge is 0.493 e. The molecule has 1 aromatic rings. The van der Waals surface area contributed by atoms with Gasteiger partial charge < -0.3 is 19.3 Å². The Hall–Kier alpha value is -1.75. The zero-order chi connectivity index (χ0) is 15.5. The van der Waals surface area contributed by atoms with Crippen molar-refractivity contribution >= 4 is 5.97 Å². The maximum atomic E-state index is 11.3. The number of aliphatic carboxylic acids is 1. The first kappa shape index (κ1) is 15.6. The van der Waals surface area contributed by atoms with Gasteiger partial charge in [0.05, 0.1) is 25.7 Å². The van der Waals surface area contributed by atoms with Crippen LogP contribution in [0.1, 0.15) is 25.8 Å². The highest BCUT2D eigenvalue weighted by molar-refractivity contribution is 5.74. The molecule has 1 heterocycles. The van der Waals surface area contributed by atoms with Crippen molar-refractivity contribution in [1.29, 1.82) is 0 Å². The minimum atomic E-state index is -0.864. The predicted octanol–water partition coefficient (Wildman–Crippen LogP) is 2.52. The molecule has 5 heteroatoms. The molecule has 0 amide bonds. The summed E-state index contributed by atoms with van der Waals surface area (Å²) in [6, 6.07) is 5.56. The van der Waals surface area contributed by atoms with E-state index in [1.807, 2.05) is 18.2 Å². The van der Waals surface area contributed by atoms with E-state index in [9.17, 15) is 9.90 Å². The highest BCUT2D eigenvalue weighted by Crippen LogP contribution is 2.36. The minimum Gasteiger partial charge on any atom is -0.493 e. The molecule has 0 bridgehead atoms. The third kappa shape index (κ3) is 3.67. The molecule has 1 saturated heterocycles. The zero-order valence-electron chi connectivity index (χ0n) is 12.7. The van der Waals surface area contributed by atoms with Crippen LogP contribution < -0.4 is 9.47 Å². The second-order valence-electron chi connectivity index (χ2n) is 5.92. The van der Waals surface area contributed by atoms with Gasteiger partial charge in [-0.25, -0.2) is 0 Å². The predicted molar refractivity (Wildman–Crippen MR) is 78.0 cm³/mol. The van der Waals surface area contributed by atoms with Gasteiger partial charge in [0.2, 0.25) is 0 Å². The maximum Gasteiger partial charge on any atom is 0.309 e. The highest BCUT2D eigenvalue weighted by atomic mass is 16.6. The molecule has 1 N–H and O–H groups in total. The molecule has 21 heavy (non-hydrogen) atoms. The lowest BCUT2D eigenvalue weighted by atomic mass is 9.85. The molecule has 1 fully saturated rings. The molecular weight excluding hydrogens is 272 g/mol. The Balaban J connectivity index is 2.28. The van der Waals surface area contributed by atoms with Crippen molar-refractivity contribution in [2.24, 2.45) is 5.41 Å². The molecular formula is C16H22O5. The smallest absolute Gasteiger partial charge is 0.309 e. The third-order valence-electron chi connectivity index (χ3n) is 3.66. The Morgan fingerprint density at radius 2 is 2.24 bits per heavy atom. The summed E-state index contributed by atoms with van der Waals surface area (Å²) in [4.78, 5) is 11.3. The Morgan fingerprint density at radius 3 is 2.81 bits per heavy atom. The Morgan fingerprint density at radius 1 is 1.48 bits per heavy atom. The summed E-state index contributed by atoms with van der Waals surface area (Å²) in [5, 5.41) is 9.31. The molecule has 1 aromatic carbocycles. The maximum absolute atomic E-state index is 11.3. The van der Waals surface area contributed by atoms with Gasteiger partial charge >= 0.3 is 5.97 Å². The average molecular weight is 294 g/mol. The number of hydrogen-bond donors (Lipinski definition) is 1. The van der Waals surface area contributed by atoms with Crippen LogP contribution in [0.15, 0.2) is 18.2 Å². The van der Waals surface area contributed by atoms with Crippen LogP contribution >= 0.6 is 0 Å². The van der Waals surface area contributed by atoms with Gasteiger partial charge in [-0.05, 0) is 31.9 Å². The van der Waals surface area contributed by atoms with Gasteiger partial charge in [0.15, 0.2) is 11.5 Å². The average Bonchev–Trinajstić information content (AvgIpc) is 2.93. The number of carboxylic acids is 1. The number of ether oxygens (including phenoxy) is 3. The molecule has 116 valence electrons.